The molecule has 0 atom stereocenters. The Kier molecular flexibility index (Phi) is 3.30. The molecule has 1 aliphatic carbocycles. The van der Waals surface area contributed by atoms with Crippen molar-refractivity contribution < 1.29 is 5.11 Å². The molecule has 108 valence electrons. The minimum Gasteiger partial charge on any atom is -0.396 e. The lowest BCUT2D eigenvalue weighted by Gasteiger charge is -2.40. The van der Waals surface area contributed by atoms with Gasteiger partial charge in [0.1, 0.15) is 5.52 Å². The molecule has 1 aliphatic rings. The van der Waals surface area contributed by atoms with Crippen LogP contribution in [0, 0.1) is 5.41 Å². The second-order valence-corrected chi connectivity index (χ2v) is 5.94. The van der Waals surface area contributed by atoms with Crippen molar-refractivity contribution in [3.63, 3.8) is 0 Å². The number of nitrogens with zero attached hydrogens (tertiary/aromatic N) is 4. The molecule has 0 saturated heterocycles. The Morgan fingerprint density at radius 1 is 1.50 bits per heavy atom. The molecular formula is C13H17ClN4O2. The van der Waals surface area contributed by atoms with E-state index in [1.807, 2.05) is 0 Å². The molecule has 0 aromatic carbocycles. The van der Waals surface area contributed by atoms with Crippen molar-refractivity contribution in [3.05, 3.63) is 22.0 Å². The average Bonchev–Trinajstić information content (AvgIpc) is 2.62. The molecule has 3 rings (SSSR count). The Bertz CT molecular complexity index is 697. The molecule has 2 heterocycles. The normalized spacial score (nSPS) is 17.4. The Labute approximate surface area is 121 Å². The second kappa shape index (κ2) is 4.86. The van der Waals surface area contributed by atoms with E-state index in [0.717, 1.165) is 25.7 Å². The van der Waals surface area contributed by atoms with E-state index in [-0.39, 0.29) is 23.0 Å². The van der Waals surface area contributed by atoms with E-state index in [9.17, 15) is 9.90 Å². The van der Waals surface area contributed by atoms with Crippen LogP contribution in [0.1, 0.15) is 25.7 Å². The third-order valence-electron chi connectivity index (χ3n) is 4.47. The molecule has 20 heavy (non-hydrogen) atoms. The van der Waals surface area contributed by atoms with Crippen LogP contribution in [-0.4, -0.2) is 30.8 Å². The fourth-order valence-electron chi connectivity index (χ4n) is 2.87. The van der Waals surface area contributed by atoms with Gasteiger partial charge in [0.15, 0.2) is 5.65 Å². The first-order chi connectivity index (χ1) is 9.56. The van der Waals surface area contributed by atoms with Gasteiger partial charge in [-0.1, -0.05) is 6.42 Å². The lowest BCUT2D eigenvalue weighted by atomic mass is 9.67. The van der Waals surface area contributed by atoms with Crippen LogP contribution in [0.25, 0.3) is 11.2 Å². The number of aryl methyl sites for hydroxylation is 2. The molecule has 0 bridgehead atoms. The van der Waals surface area contributed by atoms with E-state index in [1.165, 1.54) is 4.57 Å². The number of imidazole rings is 1. The van der Waals surface area contributed by atoms with Gasteiger partial charge in [0.25, 0.3) is 0 Å². The number of aromatic nitrogens is 4. The van der Waals surface area contributed by atoms with Crippen molar-refractivity contribution in [1.82, 2.24) is 19.1 Å². The highest BCUT2D eigenvalue weighted by Crippen LogP contribution is 2.43. The number of aliphatic hydroxyl groups is 1. The van der Waals surface area contributed by atoms with Crippen LogP contribution in [0.4, 0.5) is 0 Å². The van der Waals surface area contributed by atoms with E-state index >= 15 is 0 Å². The van der Waals surface area contributed by atoms with Crippen molar-refractivity contribution >= 4 is 22.8 Å². The third kappa shape index (κ3) is 2.03. The number of hydrogen-bond donors (Lipinski definition) is 1. The zero-order chi connectivity index (χ0) is 14.3. The molecule has 0 amide bonds. The van der Waals surface area contributed by atoms with Crippen LogP contribution < -0.4 is 5.69 Å². The quantitative estimate of drug-likeness (QED) is 0.864. The van der Waals surface area contributed by atoms with Gasteiger partial charge in [-0.15, -0.1) is 0 Å². The number of hydrogen-bond acceptors (Lipinski definition) is 4. The van der Waals surface area contributed by atoms with Gasteiger partial charge in [0.05, 0.1) is 6.20 Å². The molecule has 1 N–H and O–H groups in total. The summed E-state index contributed by atoms with van der Waals surface area (Å²) in [5.74, 6) is 0. The Morgan fingerprint density at radius 3 is 2.85 bits per heavy atom. The van der Waals surface area contributed by atoms with Crippen molar-refractivity contribution in [1.29, 1.82) is 0 Å². The minimum absolute atomic E-state index is 0.0154. The van der Waals surface area contributed by atoms with Crippen LogP contribution in [0.3, 0.4) is 0 Å². The van der Waals surface area contributed by atoms with Gasteiger partial charge in [0, 0.05) is 20.2 Å². The van der Waals surface area contributed by atoms with Gasteiger partial charge in [-0.3, -0.25) is 9.13 Å². The molecule has 2 aromatic rings. The second-order valence-electron chi connectivity index (χ2n) is 5.60. The number of aliphatic hydroxyl groups excluding tert-OH is 1. The van der Waals surface area contributed by atoms with Crippen LogP contribution >= 0.6 is 11.6 Å². The SMILES string of the molecule is Cn1c(=O)n(CCC2(CO)CCC2)c2nc(Cl)ncc21. The summed E-state index contributed by atoms with van der Waals surface area (Å²) >= 11 is 5.82. The lowest BCUT2D eigenvalue weighted by Crippen LogP contribution is -2.35. The minimum atomic E-state index is -0.121. The van der Waals surface area contributed by atoms with Crippen LogP contribution in [0.5, 0.6) is 0 Å². The summed E-state index contributed by atoms with van der Waals surface area (Å²) in [7, 11) is 1.70. The van der Waals surface area contributed by atoms with Crippen LogP contribution in [0.15, 0.2) is 11.0 Å². The van der Waals surface area contributed by atoms with E-state index < -0.39 is 0 Å². The lowest BCUT2D eigenvalue weighted by molar-refractivity contribution is 0.0320. The van der Waals surface area contributed by atoms with Gasteiger partial charge >= 0.3 is 5.69 Å². The zero-order valence-corrected chi connectivity index (χ0v) is 12.1. The fourth-order valence-corrected chi connectivity index (χ4v) is 3.00. The first-order valence-corrected chi connectivity index (χ1v) is 7.13. The summed E-state index contributed by atoms with van der Waals surface area (Å²) in [6, 6.07) is 0. The van der Waals surface area contributed by atoms with E-state index in [1.54, 1.807) is 17.8 Å². The first kappa shape index (κ1) is 13.6. The topological polar surface area (TPSA) is 72.9 Å². The summed E-state index contributed by atoms with van der Waals surface area (Å²) in [6.45, 7) is 0.729. The summed E-state index contributed by atoms with van der Waals surface area (Å²) in [5, 5.41) is 9.64. The molecule has 1 saturated carbocycles. The highest BCUT2D eigenvalue weighted by molar-refractivity contribution is 6.28. The maximum Gasteiger partial charge on any atom is 0.330 e. The van der Waals surface area contributed by atoms with Gasteiger partial charge in [-0.25, -0.2) is 9.78 Å². The summed E-state index contributed by atoms with van der Waals surface area (Å²) in [4.78, 5) is 20.3. The molecule has 0 spiro atoms. The number of halogens is 1. The molecular weight excluding hydrogens is 280 g/mol. The maximum atomic E-state index is 12.3. The molecule has 1 fully saturated rings. The summed E-state index contributed by atoms with van der Waals surface area (Å²) in [6.07, 6.45) is 5.55. The van der Waals surface area contributed by atoms with Gasteiger partial charge in [-0.2, -0.15) is 4.98 Å². The van der Waals surface area contributed by atoms with Crippen molar-refractivity contribution in [3.8, 4) is 0 Å². The van der Waals surface area contributed by atoms with Crippen molar-refractivity contribution in [2.24, 2.45) is 12.5 Å². The standard InChI is InChI=1S/C13H17ClN4O2/c1-17-9-7-15-11(14)16-10(9)18(12(17)20)6-5-13(8-19)3-2-4-13/h7,19H,2-6,8H2,1H3. The van der Waals surface area contributed by atoms with Gasteiger partial charge in [0.2, 0.25) is 5.28 Å². The van der Waals surface area contributed by atoms with E-state index in [4.69, 9.17) is 11.6 Å². The predicted octanol–water partition coefficient (Wildman–Crippen LogP) is 1.34. The van der Waals surface area contributed by atoms with Gasteiger partial charge in [-0.05, 0) is 36.3 Å². The Hall–Kier alpha value is -1.40. The summed E-state index contributed by atoms with van der Waals surface area (Å²) in [5.41, 5.74) is 1.10. The monoisotopic (exact) mass is 296 g/mol. The van der Waals surface area contributed by atoms with E-state index in [2.05, 4.69) is 9.97 Å². The molecule has 6 nitrogen and oxygen atoms in total. The highest BCUT2D eigenvalue weighted by Gasteiger charge is 2.36. The predicted molar refractivity (Wildman–Crippen MR) is 75.8 cm³/mol. The van der Waals surface area contributed by atoms with Crippen LogP contribution in [0.2, 0.25) is 5.28 Å². The Morgan fingerprint density at radius 2 is 2.25 bits per heavy atom. The molecule has 2 aromatic heterocycles. The molecule has 0 aliphatic heterocycles. The van der Waals surface area contributed by atoms with E-state index in [0.29, 0.717) is 17.7 Å². The smallest absolute Gasteiger partial charge is 0.330 e. The van der Waals surface area contributed by atoms with Crippen LogP contribution in [-0.2, 0) is 13.6 Å². The zero-order valence-electron chi connectivity index (χ0n) is 11.3. The number of rotatable bonds is 4. The summed E-state index contributed by atoms with van der Waals surface area (Å²) < 4.78 is 3.15. The van der Waals surface area contributed by atoms with Crippen molar-refractivity contribution in [2.75, 3.05) is 6.61 Å². The van der Waals surface area contributed by atoms with Gasteiger partial charge < -0.3 is 5.11 Å². The average molecular weight is 297 g/mol. The fraction of sp³-hybridized carbons (Fsp3) is 0.615. The number of fused-ring (bicyclic) bond motifs is 1. The van der Waals surface area contributed by atoms with Crippen molar-refractivity contribution in [2.45, 2.75) is 32.2 Å². The third-order valence-corrected chi connectivity index (χ3v) is 4.65. The molecule has 0 radical (unpaired) electrons. The largest absolute Gasteiger partial charge is 0.396 e. The first-order valence-electron chi connectivity index (χ1n) is 6.75. The molecule has 0 unspecified atom stereocenters. The highest BCUT2D eigenvalue weighted by atomic mass is 35.5. The molecule has 7 heteroatoms. The Balaban J connectivity index is 1.96. The maximum absolute atomic E-state index is 12.3.